The second kappa shape index (κ2) is 9.31. The fourth-order valence-corrected chi connectivity index (χ4v) is 4.36. The number of nitrogens with one attached hydrogen (secondary N) is 2. The van der Waals surface area contributed by atoms with E-state index >= 15 is 0 Å². The fraction of sp³-hybridized carbons (Fsp3) is 0.350. The molecule has 1 fully saturated rings. The average Bonchev–Trinajstić information content (AvgIpc) is 2.76. The highest BCUT2D eigenvalue weighted by Gasteiger charge is 2.30. The number of carbonyl (C=O) groups excluding carboxylic acids is 2. The van der Waals surface area contributed by atoms with Gasteiger partial charge in [0.1, 0.15) is 11.5 Å². The number of pyridine rings is 1. The van der Waals surface area contributed by atoms with Crippen molar-refractivity contribution in [3.63, 3.8) is 0 Å². The monoisotopic (exact) mass is 434 g/mol. The maximum atomic E-state index is 13.8. The summed E-state index contributed by atoms with van der Waals surface area (Å²) in [5.41, 5.74) is 0.558. The van der Waals surface area contributed by atoms with Crippen LogP contribution in [0.15, 0.2) is 42.6 Å². The molecule has 0 bridgehead atoms. The van der Waals surface area contributed by atoms with Crippen molar-refractivity contribution in [1.29, 1.82) is 0 Å². The lowest BCUT2D eigenvalue weighted by atomic mass is 9.97. The fourth-order valence-electron chi connectivity index (χ4n) is 3.23. The van der Waals surface area contributed by atoms with E-state index < -0.39 is 27.7 Å². The maximum absolute atomic E-state index is 13.8. The van der Waals surface area contributed by atoms with Gasteiger partial charge in [0.2, 0.25) is 15.9 Å². The number of sulfonamides is 1. The molecule has 30 heavy (non-hydrogen) atoms. The minimum Gasteiger partial charge on any atom is -0.324 e. The number of aromatic nitrogens is 1. The molecule has 3 rings (SSSR count). The first-order chi connectivity index (χ1) is 14.3. The summed E-state index contributed by atoms with van der Waals surface area (Å²) in [4.78, 5) is 29.0. The number of amides is 2. The first kappa shape index (κ1) is 21.8. The standard InChI is InChI=1S/C20H23FN4O4S/c1-2-30(28,29)25-11-8-14(9-12-25)19(26)24-18-13-15(21)6-7-16(18)23-20(27)17-5-3-4-10-22-17/h3-7,10,13-14H,2,8-9,11-12H2,1H3,(H,23,27)(H,24,26). The average molecular weight is 434 g/mol. The van der Waals surface area contributed by atoms with Gasteiger partial charge in [-0.05, 0) is 50.1 Å². The Balaban J connectivity index is 1.68. The lowest BCUT2D eigenvalue weighted by Crippen LogP contribution is -2.42. The zero-order valence-electron chi connectivity index (χ0n) is 16.5. The molecule has 0 spiro atoms. The molecular weight excluding hydrogens is 411 g/mol. The van der Waals surface area contributed by atoms with Gasteiger partial charge in [0.25, 0.3) is 5.91 Å². The highest BCUT2D eigenvalue weighted by Crippen LogP contribution is 2.26. The van der Waals surface area contributed by atoms with Crippen LogP contribution in [-0.2, 0) is 14.8 Å². The van der Waals surface area contributed by atoms with Gasteiger partial charge < -0.3 is 10.6 Å². The molecule has 0 aliphatic carbocycles. The van der Waals surface area contributed by atoms with Crippen LogP contribution < -0.4 is 10.6 Å². The molecule has 8 nitrogen and oxygen atoms in total. The van der Waals surface area contributed by atoms with E-state index in [0.29, 0.717) is 12.8 Å². The number of nitrogens with zero attached hydrogens (tertiary/aromatic N) is 2. The molecule has 0 saturated carbocycles. The molecule has 0 radical (unpaired) electrons. The Morgan fingerprint density at radius 2 is 1.87 bits per heavy atom. The van der Waals surface area contributed by atoms with Crippen LogP contribution >= 0.6 is 0 Å². The van der Waals surface area contributed by atoms with E-state index in [-0.39, 0.29) is 41.8 Å². The second-order valence-electron chi connectivity index (χ2n) is 6.92. The summed E-state index contributed by atoms with van der Waals surface area (Å²) < 4.78 is 39.1. The van der Waals surface area contributed by atoms with E-state index in [2.05, 4.69) is 15.6 Å². The quantitative estimate of drug-likeness (QED) is 0.726. The molecule has 2 amide bonds. The third-order valence-corrected chi connectivity index (χ3v) is 6.85. The smallest absolute Gasteiger partial charge is 0.274 e. The molecule has 2 aromatic rings. The first-order valence-corrected chi connectivity index (χ1v) is 11.2. The predicted octanol–water partition coefficient (Wildman–Crippen LogP) is 2.47. The highest BCUT2D eigenvalue weighted by molar-refractivity contribution is 7.89. The number of hydrogen-bond acceptors (Lipinski definition) is 5. The third kappa shape index (κ3) is 5.19. The largest absolute Gasteiger partial charge is 0.324 e. The Morgan fingerprint density at radius 1 is 1.13 bits per heavy atom. The molecule has 2 N–H and O–H groups in total. The number of carbonyl (C=O) groups is 2. The first-order valence-electron chi connectivity index (χ1n) is 9.61. The van der Waals surface area contributed by atoms with Crippen LogP contribution in [0.2, 0.25) is 0 Å². The number of benzene rings is 1. The summed E-state index contributed by atoms with van der Waals surface area (Å²) in [5, 5.41) is 5.29. The normalized spacial score (nSPS) is 15.5. The van der Waals surface area contributed by atoms with Crippen LogP contribution in [0.5, 0.6) is 0 Å². The molecular formula is C20H23FN4O4S. The van der Waals surface area contributed by atoms with Gasteiger partial charge in [0.15, 0.2) is 0 Å². The van der Waals surface area contributed by atoms with Crippen molar-refractivity contribution in [2.45, 2.75) is 19.8 Å². The van der Waals surface area contributed by atoms with Gasteiger partial charge in [-0.3, -0.25) is 14.6 Å². The van der Waals surface area contributed by atoms with Crippen LogP contribution in [0.1, 0.15) is 30.3 Å². The van der Waals surface area contributed by atoms with Gasteiger partial charge >= 0.3 is 0 Å². The number of piperidine rings is 1. The van der Waals surface area contributed by atoms with Crippen molar-refractivity contribution < 1.29 is 22.4 Å². The summed E-state index contributed by atoms with van der Waals surface area (Å²) >= 11 is 0. The second-order valence-corrected chi connectivity index (χ2v) is 9.18. The van der Waals surface area contributed by atoms with Gasteiger partial charge in [-0.25, -0.2) is 17.1 Å². The van der Waals surface area contributed by atoms with E-state index in [1.165, 1.54) is 28.7 Å². The molecule has 1 aliphatic rings. The van der Waals surface area contributed by atoms with Crippen molar-refractivity contribution in [3.8, 4) is 0 Å². The van der Waals surface area contributed by atoms with Crippen LogP contribution in [0.4, 0.5) is 15.8 Å². The van der Waals surface area contributed by atoms with Gasteiger partial charge in [-0.1, -0.05) is 6.07 Å². The molecule has 1 saturated heterocycles. The molecule has 0 atom stereocenters. The molecule has 160 valence electrons. The lowest BCUT2D eigenvalue weighted by Gasteiger charge is -2.30. The summed E-state index contributed by atoms with van der Waals surface area (Å²) in [5.74, 6) is -1.79. The number of hydrogen-bond donors (Lipinski definition) is 2. The molecule has 0 unspecified atom stereocenters. The molecule has 10 heteroatoms. The molecule has 1 aromatic carbocycles. The van der Waals surface area contributed by atoms with Gasteiger partial charge in [0, 0.05) is 25.2 Å². The van der Waals surface area contributed by atoms with Crippen LogP contribution in [0.25, 0.3) is 0 Å². The number of anilines is 2. The van der Waals surface area contributed by atoms with Gasteiger partial charge in [-0.15, -0.1) is 0 Å². The highest BCUT2D eigenvalue weighted by atomic mass is 32.2. The predicted molar refractivity (Wildman–Crippen MR) is 111 cm³/mol. The minimum atomic E-state index is -3.28. The maximum Gasteiger partial charge on any atom is 0.274 e. The van der Waals surface area contributed by atoms with Crippen LogP contribution in [0, 0.1) is 11.7 Å². The molecule has 1 aliphatic heterocycles. The zero-order valence-corrected chi connectivity index (χ0v) is 17.3. The van der Waals surface area contributed by atoms with Crippen LogP contribution in [-0.4, -0.2) is 48.4 Å². The van der Waals surface area contributed by atoms with Crippen molar-refractivity contribution in [3.05, 3.63) is 54.1 Å². The number of halogens is 1. The van der Waals surface area contributed by atoms with Gasteiger partial charge in [-0.2, -0.15) is 0 Å². The summed E-state index contributed by atoms with van der Waals surface area (Å²) in [6.07, 6.45) is 2.22. The van der Waals surface area contributed by atoms with E-state index in [9.17, 15) is 22.4 Å². The third-order valence-electron chi connectivity index (χ3n) is 4.97. The minimum absolute atomic E-state index is 0.0203. The molecule has 1 aromatic heterocycles. The summed E-state index contributed by atoms with van der Waals surface area (Å²) in [6, 6.07) is 8.55. The lowest BCUT2D eigenvalue weighted by molar-refractivity contribution is -0.120. The summed E-state index contributed by atoms with van der Waals surface area (Å²) in [6.45, 7) is 2.11. The zero-order chi connectivity index (χ0) is 21.7. The topological polar surface area (TPSA) is 108 Å². The van der Waals surface area contributed by atoms with Gasteiger partial charge in [0.05, 0.1) is 17.1 Å². The van der Waals surface area contributed by atoms with Crippen LogP contribution in [0.3, 0.4) is 0 Å². The summed E-state index contributed by atoms with van der Waals surface area (Å²) in [7, 11) is -3.28. The van der Waals surface area contributed by atoms with E-state index in [1.54, 1.807) is 19.1 Å². The van der Waals surface area contributed by atoms with E-state index in [4.69, 9.17) is 0 Å². The Kier molecular flexibility index (Phi) is 6.78. The SMILES string of the molecule is CCS(=O)(=O)N1CCC(C(=O)Nc2cc(F)ccc2NC(=O)c2ccccn2)CC1. The Hall–Kier alpha value is -2.85. The van der Waals surface area contributed by atoms with Crippen molar-refractivity contribution in [1.82, 2.24) is 9.29 Å². The van der Waals surface area contributed by atoms with E-state index in [0.717, 1.165) is 6.07 Å². The Bertz CT molecular complexity index is 1020. The number of rotatable bonds is 6. The van der Waals surface area contributed by atoms with Crippen molar-refractivity contribution in [2.75, 3.05) is 29.5 Å². The Morgan fingerprint density at radius 3 is 2.50 bits per heavy atom. The Labute approximate surface area is 174 Å². The molecule has 2 heterocycles. The van der Waals surface area contributed by atoms with Crippen molar-refractivity contribution >= 4 is 33.2 Å². The van der Waals surface area contributed by atoms with E-state index in [1.807, 2.05) is 0 Å². The van der Waals surface area contributed by atoms with Crippen molar-refractivity contribution in [2.24, 2.45) is 5.92 Å².